The molecular formula is C18H21NO3. The van der Waals surface area contributed by atoms with Crippen LogP contribution >= 0.6 is 0 Å². The standard InChI is InChI=1S/C18H21NO3/c1-11-9-16(12(2)13(3)18(11)21)19-15-7-5-14(6-8-15)10-17(20)22-4/h5-9,19,21H,10H2,1-4H3. The highest BCUT2D eigenvalue weighted by Gasteiger charge is 2.09. The highest BCUT2D eigenvalue weighted by atomic mass is 16.5. The first kappa shape index (κ1) is 15.9. The Morgan fingerprint density at radius 2 is 1.77 bits per heavy atom. The molecule has 22 heavy (non-hydrogen) atoms. The summed E-state index contributed by atoms with van der Waals surface area (Å²) in [4.78, 5) is 11.2. The molecule has 0 radical (unpaired) electrons. The topological polar surface area (TPSA) is 58.6 Å². The molecule has 2 aromatic rings. The van der Waals surface area contributed by atoms with Crippen molar-refractivity contribution in [1.29, 1.82) is 0 Å². The van der Waals surface area contributed by atoms with Gasteiger partial charge in [0.05, 0.1) is 13.5 Å². The molecule has 0 heterocycles. The number of hydrogen-bond acceptors (Lipinski definition) is 4. The van der Waals surface area contributed by atoms with Crippen molar-refractivity contribution in [2.75, 3.05) is 12.4 Å². The van der Waals surface area contributed by atoms with Crippen LogP contribution in [0.25, 0.3) is 0 Å². The van der Waals surface area contributed by atoms with Gasteiger partial charge in [0.2, 0.25) is 0 Å². The van der Waals surface area contributed by atoms with E-state index in [9.17, 15) is 9.90 Å². The summed E-state index contributed by atoms with van der Waals surface area (Å²) >= 11 is 0. The molecule has 4 nitrogen and oxygen atoms in total. The molecule has 0 aliphatic rings. The first-order valence-electron chi connectivity index (χ1n) is 7.15. The second-order valence-electron chi connectivity index (χ2n) is 5.41. The zero-order valence-electron chi connectivity index (χ0n) is 13.4. The lowest BCUT2D eigenvalue weighted by atomic mass is 10.0. The number of esters is 1. The summed E-state index contributed by atoms with van der Waals surface area (Å²) in [6.45, 7) is 5.76. The van der Waals surface area contributed by atoms with Gasteiger partial charge >= 0.3 is 5.97 Å². The number of ether oxygens (including phenoxy) is 1. The molecule has 4 heteroatoms. The Balaban J connectivity index is 2.20. The quantitative estimate of drug-likeness (QED) is 0.666. The van der Waals surface area contributed by atoms with E-state index < -0.39 is 0 Å². The fourth-order valence-corrected chi connectivity index (χ4v) is 2.30. The molecule has 0 atom stereocenters. The van der Waals surface area contributed by atoms with Crippen LogP contribution in [0.1, 0.15) is 22.3 Å². The fourth-order valence-electron chi connectivity index (χ4n) is 2.30. The largest absolute Gasteiger partial charge is 0.507 e. The van der Waals surface area contributed by atoms with Crippen LogP contribution < -0.4 is 5.32 Å². The number of hydrogen-bond donors (Lipinski definition) is 2. The minimum absolute atomic E-state index is 0.249. The van der Waals surface area contributed by atoms with Crippen molar-refractivity contribution in [2.24, 2.45) is 0 Å². The van der Waals surface area contributed by atoms with Gasteiger partial charge in [-0.2, -0.15) is 0 Å². The zero-order valence-corrected chi connectivity index (χ0v) is 13.4. The van der Waals surface area contributed by atoms with Crippen LogP contribution in [0.3, 0.4) is 0 Å². The van der Waals surface area contributed by atoms with Crippen molar-refractivity contribution in [3.63, 3.8) is 0 Å². The van der Waals surface area contributed by atoms with E-state index in [0.717, 1.165) is 33.6 Å². The molecule has 0 saturated carbocycles. The van der Waals surface area contributed by atoms with E-state index in [1.807, 2.05) is 51.1 Å². The first-order chi connectivity index (χ1) is 10.4. The van der Waals surface area contributed by atoms with Crippen LogP contribution in [0, 0.1) is 20.8 Å². The van der Waals surface area contributed by atoms with Crippen LogP contribution in [0.2, 0.25) is 0 Å². The van der Waals surface area contributed by atoms with E-state index in [1.165, 1.54) is 7.11 Å². The Hall–Kier alpha value is -2.49. The maximum Gasteiger partial charge on any atom is 0.309 e. The minimum atomic E-state index is -0.249. The molecule has 0 fully saturated rings. The number of anilines is 2. The number of carbonyl (C=O) groups is 1. The molecule has 0 aliphatic carbocycles. The molecule has 0 bridgehead atoms. The molecule has 2 N–H and O–H groups in total. The number of aryl methyl sites for hydroxylation is 1. The van der Waals surface area contributed by atoms with E-state index >= 15 is 0 Å². The summed E-state index contributed by atoms with van der Waals surface area (Å²) in [6, 6.07) is 9.58. The average molecular weight is 299 g/mol. The number of rotatable bonds is 4. The van der Waals surface area contributed by atoms with Gasteiger partial charge in [0.25, 0.3) is 0 Å². The van der Waals surface area contributed by atoms with Gasteiger partial charge in [0.15, 0.2) is 0 Å². The second kappa shape index (κ2) is 6.52. The molecule has 0 spiro atoms. The summed E-state index contributed by atoms with van der Waals surface area (Å²) < 4.78 is 4.66. The van der Waals surface area contributed by atoms with Gasteiger partial charge in [0, 0.05) is 11.4 Å². The summed E-state index contributed by atoms with van der Waals surface area (Å²) in [5.41, 5.74) is 5.54. The zero-order chi connectivity index (χ0) is 16.3. The van der Waals surface area contributed by atoms with Crippen molar-refractivity contribution in [3.05, 3.63) is 52.6 Å². The van der Waals surface area contributed by atoms with Crippen molar-refractivity contribution in [1.82, 2.24) is 0 Å². The van der Waals surface area contributed by atoms with Crippen molar-refractivity contribution in [2.45, 2.75) is 27.2 Å². The van der Waals surface area contributed by atoms with Crippen LogP contribution in [0.15, 0.2) is 30.3 Å². The van der Waals surface area contributed by atoms with Gasteiger partial charge in [-0.15, -0.1) is 0 Å². The summed E-state index contributed by atoms with van der Waals surface area (Å²) in [6.07, 6.45) is 0.271. The van der Waals surface area contributed by atoms with E-state index in [1.54, 1.807) is 0 Å². The molecule has 0 aliphatic heterocycles. The lowest BCUT2D eigenvalue weighted by Crippen LogP contribution is -2.04. The van der Waals surface area contributed by atoms with Gasteiger partial charge in [-0.3, -0.25) is 4.79 Å². The number of aromatic hydroxyl groups is 1. The molecule has 2 aromatic carbocycles. The molecule has 116 valence electrons. The fraction of sp³-hybridized carbons (Fsp3) is 0.278. The average Bonchev–Trinajstić information content (AvgIpc) is 2.52. The predicted octanol–water partition coefficient (Wildman–Crippen LogP) is 3.78. The molecule has 0 unspecified atom stereocenters. The van der Waals surface area contributed by atoms with Crippen molar-refractivity contribution >= 4 is 17.3 Å². The van der Waals surface area contributed by atoms with Gasteiger partial charge in [-0.05, 0) is 61.2 Å². The number of phenolic OH excluding ortho intramolecular Hbond substituents is 1. The van der Waals surface area contributed by atoms with Gasteiger partial charge in [0.1, 0.15) is 5.75 Å². The maximum absolute atomic E-state index is 11.2. The second-order valence-corrected chi connectivity index (χ2v) is 5.41. The number of phenols is 1. The highest BCUT2D eigenvalue weighted by Crippen LogP contribution is 2.32. The number of carbonyl (C=O) groups excluding carboxylic acids is 1. The third-order valence-corrected chi connectivity index (χ3v) is 3.87. The van der Waals surface area contributed by atoms with E-state index in [0.29, 0.717) is 5.75 Å². The molecule has 2 rings (SSSR count). The minimum Gasteiger partial charge on any atom is -0.507 e. The Morgan fingerprint density at radius 1 is 1.14 bits per heavy atom. The SMILES string of the molecule is COC(=O)Cc1ccc(Nc2cc(C)c(O)c(C)c2C)cc1. The smallest absolute Gasteiger partial charge is 0.309 e. The molecule has 0 amide bonds. The Kier molecular flexibility index (Phi) is 4.71. The molecular weight excluding hydrogens is 278 g/mol. The summed E-state index contributed by atoms with van der Waals surface area (Å²) in [7, 11) is 1.39. The van der Waals surface area contributed by atoms with Crippen LogP contribution in [-0.4, -0.2) is 18.2 Å². The third-order valence-electron chi connectivity index (χ3n) is 3.87. The van der Waals surface area contributed by atoms with Gasteiger partial charge in [-0.1, -0.05) is 12.1 Å². The number of benzene rings is 2. The lowest BCUT2D eigenvalue weighted by molar-refractivity contribution is -0.139. The number of methoxy groups -OCH3 is 1. The van der Waals surface area contributed by atoms with E-state index in [4.69, 9.17) is 0 Å². The lowest BCUT2D eigenvalue weighted by Gasteiger charge is -2.15. The summed E-state index contributed by atoms with van der Waals surface area (Å²) in [5, 5.41) is 13.3. The van der Waals surface area contributed by atoms with E-state index in [2.05, 4.69) is 10.1 Å². The van der Waals surface area contributed by atoms with Crippen molar-refractivity contribution < 1.29 is 14.6 Å². The monoisotopic (exact) mass is 299 g/mol. The predicted molar refractivity (Wildman–Crippen MR) is 87.8 cm³/mol. The van der Waals surface area contributed by atoms with Crippen LogP contribution in [0.4, 0.5) is 11.4 Å². The Bertz CT molecular complexity index is 690. The summed E-state index contributed by atoms with van der Waals surface area (Å²) in [5.74, 6) is 0.0952. The van der Waals surface area contributed by atoms with E-state index in [-0.39, 0.29) is 12.4 Å². The van der Waals surface area contributed by atoms with Crippen LogP contribution in [0.5, 0.6) is 5.75 Å². The van der Waals surface area contributed by atoms with Gasteiger partial charge < -0.3 is 15.2 Å². The van der Waals surface area contributed by atoms with Crippen LogP contribution in [-0.2, 0) is 16.0 Å². The first-order valence-corrected chi connectivity index (χ1v) is 7.15. The Morgan fingerprint density at radius 3 is 2.36 bits per heavy atom. The number of nitrogens with one attached hydrogen (secondary N) is 1. The maximum atomic E-state index is 11.2. The molecule has 0 saturated heterocycles. The highest BCUT2D eigenvalue weighted by molar-refractivity contribution is 5.73. The molecule has 0 aromatic heterocycles. The van der Waals surface area contributed by atoms with Crippen molar-refractivity contribution in [3.8, 4) is 5.75 Å². The van der Waals surface area contributed by atoms with Gasteiger partial charge in [-0.25, -0.2) is 0 Å². The normalized spacial score (nSPS) is 10.4. The third kappa shape index (κ3) is 3.39. The Labute approximate surface area is 130 Å².